The van der Waals surface area contributed by atoms with Crippen molar-refractivity contribution in [2.24, 2.45) is 0 Å². The number of unbranched alkanes of at least 4 members (excludes halogenated alkanes) is 24. The van der Waals surface area contributed by atoms with Crippen LogP contribution < -0.4 is 5.32 Å². The van der Waals surface area contributed by atoms with Crippen molar-refractivity contribution < 1.29 is 15.0 Å². The first-order valence-electron chi connectivity index (χ1n) is 24.3. The van der Waals surface area contributed by atoms with Gasteiger partial charge < -0.3 is 15.5 Å². The highest BCUT2D eigenvalue weighted by Crippen LogP contribution is 2.16. The molecule has 57 heavy (non-hydrogen) atoms. The summed E-state index contributed by atoms with van der Waals surface area (Å²) in [5, 5.41) is 23.0. The van der Waals surface area contributed by atoms with Gasteiger partial charge in [0.25, 0.3) is 0 Å². The number of allylic oxidation sites excluding steroid dienone is 13. The van der Waals surface area contributed by atoms with Crippen molar-refractivity contribution >= 4 is 5.91 Å². The van der Waals surface area contributed by atoms with Gasteiger partial charge in [-0.25, -0.2) is 0 Å². The van der Waals surface area contributed by atoms with E-state index in [1.54, 1.807) is 6.08 Å². The van der Waals surface area contributed by atoms with E-state index in [1.807, 2.05) is 12.2 Å². The number of rotatable bonds is 43. The molecule has 328 valence electrons. The van der Waals surface area contributed by atoms with Crippen LogP contribution in [0.1, 0.15) is 226 Å². The molecule has 4 heteroatoms. The minimum absolute atomic E-state index is 0.147. The summed E-state index contributed by atoms with van der Waals surface area (Å²) in [5.74, 6) is -0.147. The van der Waals surface area contributed by atoms with Gasteiger partial charge in [0.2, 0.25) is 5.91 Å². The summed E-state index contributed by atoms with van der Waals surface area (Å²) in [5.41, 5.74) is 0. The van der Waals surface area contributed by atoms with Crippen LogP contribution in [0.15, 0.2) is 85.1 Å². The van der Waals surface area contributed by atoms with Crippen molar-refractivity contribution in [2.75, 3.05) is 6.61 Å². The highest BCUT2D eigenvalue weighted by molar-refractivity contribution is 5.76. The Morgan fingerprint density at radius 3 is 1.12 bits per heavy atom. The molecule has 0 aromatic carbocycles. The summed E-state index contributed by atoms with van der Waals surface area (Å²) in [6.45, 7) is 4.17. The van der Waals surface area contributed by atoms with E-state index in [2.05, 4.69) is 86.0 Å². The Balaban J connectivity index is 3.64. The van der Waals surface area contributed by atoms with E-state index in [9.17, 15) is 15.0 Å². The number of aliphatic hydroxyl groups is 2. The fourth-order valence-electron chi connectivity index (χ4n) is 6.97. The Morgan fingerprint density at radius 1 is 0.439 bits per heavy atom. The van der Waals surface area contributed by atoms with Crippen LogP contribution in [0.25, 0.3) is 0 Å². The van der Waals surface area contributed by atoms with Crippen LogP contribution in [0, 0.1) is 0 Å². The summed E-state index contributed by atoms with van der Waals surface area (Å²) < 4.78 is 0. The number of aliphatic hydroxyl groups excluding tert-OH is 2. The third kappa shape index (κ3) is 44.5. The van der Waals surface area contributed by atoms with Gasteiger partial charge in [-0.3, -0.25) is 4.79 Å². The molecule has 2 atom stereocenters. The molecule has 0 saturated carbocycles. The summed E-state index contributed by atoms with van der Waals surface area (Å²) in [6, 6.07) is -0.668. The third-order valence-electron chi connectivity index (χ3n) is 10.6. The molecule has 0 aliphatic carbocycles. The maximum Gasteiger partial charge on any atom is 0.220 e. The minimum Gasteiger partial charge on any atom is -0.394 e. The van der Waals surface area contributed by atoms with Crippen molar-refractivity contribution in [3.63, 3.8) is 0 Å². The molecule has 0 heterocycles. The largest absolute Gasteiger partial charge is 0.394 e. The second kappa shape index (κ2) is 47.9. The van der Waals surface area contributed by atoms with E-state index >= 15 is 0 Å². The highest BCUT2D eigenvalue weighted by Gasteiger charge is 2.17. The SMILES string of the molecule is CC/C=C\C/C=C\C/C=C\C/C=C\C/C=C\C/C=C\CCC(=O)NC(CO)C(O)/C=C/CCCCCCCCCCCCCCCCCCCCCCCCCC. The fraction of sp³-hybridized carbons (Fsp3) is 0.717. The quantitative estimate of drug-likeness (QED) is 0.0425. The van der Waals surface area contributed by atoms with Gasteiger partial charge >= 0.3 is 0 Å². The maximum atomic E-state index is 12.4. The molecule has 0 spiro atoms. The lowest BCUT2D eigenvalue weighted by Crippen LogP contribution is -2.45. The second-order valence-electron chi connectivity index (χ2n) is 16.1. The van der Waals surface area contributed by atoms with Crippen molar-refractivity contribution in [2.45, 2.75) is 238 Å². The van der Waals surface area contributed by atoms with Crippen LogP contribution in [-0.4, -0.2) is 34.9 Å². The monoisotopic (exact) mass is 792 g/mol. The molecule has 0 aromatic heterocycles. The molecule has 2 unspecified atom stereocenters. The van der Waals surface area contributed by atoms with Crippen LogP contribution >= 0.6 is 0 Å². The van der Waals surface area contributed by atoms with Gasteiger partial charge in [0.1, 0.15) is 0 Å². The van der Waals surface area contributed by atoms with Crippen molar-refractivity contribution in [3.8, 4) is 0 Å². The predicted molar refractivity (Wildman–Crippen MR) is 253 cm³/mol. The molecular formula is C53H93NO3. The van der Waals surface area contributed by atoms with Gasteiger partial charge in [0.05, 0.1) is 18.8 Å². The Hall–Kier alpha value is -2.43. The predicted octanol–water partition coefficient (Wildman–Crippen LogP) is 15.6. The molecule has 0 saturated heterocycles. The number of carbonyl (C=O) groups excluding carboxylic acids is 1. The smallest absolute Gasteiger partial charge is 0.220 e. The van der Waals surface area contributed by atoms with Crippen molar-refractivity contribution in [3.05, 3.63) is 85.1 Å². The molecule has 0 fully saturated rings. The Bertz CT molecular complexity index is 1030. The second-order valence-corrected chi connectivity index (χ2v) is 16.1. The van der Waals surface area contributed by atoms with Gasteiger partial charge in [-0.1, -0.05) is 247 Å². The summed E-state index contributed by atoms with van der Waals surface area (Å²) in [6.07, 6.45) is 70.1. The van der Waals surface area contributed by atoms with E-state index in [-0.39, 0.29) is 12.5 Å². The molecular weight excluding hydrogens is 699 g/mol. The van der Waals surface area contributed by atoms with E-state index in [1.165, 1.54) is 148 Å². The lowest BCUT2D eigenvalue weighted by atomic mass is 10.0. The van der Waals surface area contributed by atoms with Crippen LogP contribution in [0.3, 0.4) is 0 Å². The maximum absolute atomic E-state index is 12.4. The van der Waals surface area contributed by atoms with E-state index in [4.69, 9.17) is 0 Å². The van der Waals surface area contributed by atoms with Gasteiger partial charge in [-0.2, -0.15) is 0 Å². The summed E-state index contributed by atoms with van der Waals surface area (Å²) in [7, 11) is 0. The molecule has 0 aromatic rings. The van der Waals surface area contributed by atoms with Crippen LogP contribution in [0.2, 0.25) is 0 Å². The van der Waals surface area contributed by atoms with Crippen LogP contribution in [0.5, 0.6) is 0 Å². The Morgan fingerprint density at radius 2 is 0.772 bits per heavy atom. The molecule has 0 rings (SSSR count). The molecule has 4 nitrogen and oxygen atoms in total. The highest BCUT2D eigenvalue weighted by atomic mass is 16.3. The van der Waals surface area contributed by atoms with Gasteiger partial charge in [0, 0.05) is 6.42 Å². The van der Waals surface area contributed by atoms with Gasteiger partial charge in [-0.15, -0.1) is 0 Å². The first kappa shape index (κ1) is 54.6. The van der Waals surface area contributed by atoms with Crippen LogP contribution in [0.4, 0.5) is 0 Å². The Labute approximate surface area is 354 Å². The minimum atomic E-state index is -0.876. The van der Waals surface area contributed by atoms with Crippen molar-refractivity contribution in [1.82, 2.24) is 5.32 Å². The fourth-order valence-corrected chi connectivity index (χ4v) is 6.97. The first-order valence-corrected chi connectivity index (χ1v) is 24.3. The molecule has 0 aliphatic rings. The van der Waals surface area contributed by atoms with Crippen molar-refractivity contribution in [1.29, 1.82) is 0 Å². The average Bonchev–Trinajstić information content (AvgIpc) is 3.22. The van der Waals surface area contributed by atoms with Crippen LogP contribution in [-0.2, 0) is 4.79 Å². The first-order chi connectivity index (χ1) is 28.2. The Kier molecular flexibility index (Phi) is 45.9. The summed E-state index contributed by atoms with van der Waals surface area (Å²) in [4.78, 5) is 12.4. The number of amides is 1. The number of nitrogens with one attached hydrogen (secondary N) is 1. The van der Waals surface area contributed by atoms with E-state index in [0.717, 1.165) is 51.4 Å². The molecule has 0 aliphatic heterocycles. The molecule has 3 N–H and O–H groups in total. The number of hydrogen-bond donors (Lipinski definition) is 3. The average molecular weight is 792 g/mol. The normalized spacial score (nSPS) is 13.7. The number of carbonyl (C=O) groups is 1. The topological polar surface area (TPSA) is 69.6 Å². The van der Waals surface area contributed by atoms with Gasteiger partial charge in [0.15, 0.2) is 0 Å². The zero-order valence-electron chi connectivity index (χ0n) is 37.6. The zero-order chi connectivity index (χ0) is 41.4. The molecule has 0 radical (unpaired) electrons. The van der Waals surface area contributed by atoms with Gasteiger partial charge in [-0.05, 0) is 57.8 Å². The lowest BCUT2D eigenvalue weighted by Gasteiger charge is -2.19. The number of hydrogen-bond acceptors (Lipinski definition) is 3. The molecule has 1 amide bonds. The van der Waals surface area contributed by atoms with E-state index < -0.39 is 12.1 Å². The standard InChI is InChI=1S/C53H93NO3/c1-3-5-7-9-11-13-15-17-19-21-23-24-25-26-27-28-29-31-32-34-36-38-40-42-44-46-48-52(56)51(50-55)54-53(57)49-47-45-43-41-39-37-35-33-30-22-20-18-16-14-12-10-8-6-4-2/h6,8,12,14,18,20,30,33,37,39,43,45-46,48,51-52,55-56H,3-5,7,9-11,13,15-17,19,21-29,31-32,34-36,38,40-42,44,47,49-50H2,1-2H3,(H,54,57)/b8-6-,14-12-,20-18-,33-30-,39-37-,45-43-,48-46+. The lowest BCUT2D eigenvalue weighted by molar-refractivity contribution is -0.122. The molecule has 0 bridgehead atoms. The van der Waals surface area contributed by atoms with E-state index in [0.29, 0.717) is 12.8 Å². The zero-order valence-corrected chi connectivity index (χ0v) is 37.6. The third-order valence-corrected chi connectivity index (χ3v) is 10.6. The summed E-state index contributed by atoms with van der Waals surface area (Å²) >= 11 is 0.